The molecule has 2 aromatic heterocycles. The highest BCUT2D eigenvalue weighted by molar-refractivity contribution is 6.07. The van der Waals surface area contributed by atoms with Gasteiger partial charge in [0.15, 0.2) is 5.82 Å². The van der Waals surface area contributed by atoms with Gasteiger partial charge in [0, 0.05) is 5.39 Å². The van der Waals surface area contributed by atoms with Crippen molar-refractivity contribution in [2.24, 2.45) is 0 Å². The van der Waals surface area contributed by atoms with E-state index in [4.69, 9.17) is 4.42 Å². The molecule has 0 saturated carbocycles. The molecule has 0 radical (unpaired) electrons. The number of nitrogens with zero attached hydrogens (tertiary/aromatic N) is 4. The van der Waals surface area contributed by atoms with Crippen molar-refractivity contribution in [3.8, 4) is 0 Å². The lowest BCUT2D eigenvalue weighted by Gasteiger charge is -2.33. The Balaban J connectivity index is 1.76. The van der Waals surface area contributed by atoms with E-state index in [-0.39, 0.29) is 19.0 Å². The van der Waals surface area contributed by atoms with Crippen LogP contribution in [0.2, 0.25) is 0 Å². The second-order valence-corrected chi connectivity index (χ2v) is 6.39. The minimum Gasteiger partial charge on any atom is -0.480 e. The lowest BCUT2D eigenvalue weighted by molar-refractivity contribution is -0.143. The lowest BCUT2D eigenvalue weighted by atomic mass is 10.1. The van der Waals surface area contributed by atoms with Crippen molar-refractivity contribution >= 4 is 22.8 Å². The molecule has 0 saturated heterocycles. The van der Waals surface area contributed by atoms with E-state index in [1.165, 1.54) is 11.2 Å². The predicted octanol–water partition coefficient (Wildman–Crippen LogP) is 2.00. The Kier molecular flexibility index (Phi) is 3.75. The number of carboxylic acid groups (broad SMARTS) is 1. The first-order valence-corrected chi connectivity index (χ1v) is 8.42. The standard InChI is InChI=1S/C18H18N4O4/c1-3-11-4-5-15-12(6-11)13(9-26-15)17(23)22-8-16-20-19-10(2)21(16)7-14(22)18(24)25/h4-6,9,14H,3,7-8H2,1-2H3,(H,24,25). The topological polar surface area (TPSA) is 101 Å². The molecule has 1 unspecified atom stereocenters. The zero-order valence-electron chi connectivity index (χ0n) is 14.5. The maximum absolute atomic E-state index is 13.2. The first kappa shape index (κ1) is 16.3. The fourth-order valence-corrected chi connectivity index (χ4v) is 3.35. The number of fused-ring (bicyclic) bond motifs is 2. The Morgan fingerprint density at radius 2 is 2.15 bits per heavy atom. The molecule has 0 spiro atoms. The van der Waals surface area contributed by atoms with Crippen LogP contribution in [0.25, 0.3) is 11.0 Å². The Morgan fingerprint density at radius 1 is 1.35 bits per heavy atom. The van der Waals surface area contributed by atoms with Crippen molar-refractivity contribution < 1.29 is 19.1 Å². The maximum atomic E-state index is 13.2. The van der Waals surface area contributed by atoms with Crippen molar-refractivity contribution in [2.75, 3.05) is 0 Å². The Labute approximate surface area is 149 Å². The number of benzene rings is 1. The molecule has 134 valence electrons. The number of hydrogen-bond donors (Lipinski definition) is 1. The highest BCUT2D eigenvalue weighted by atomic mass is 16.4. The third kappa shape index (κ3) is 2.45. The van der Waals surface area contributed by atoms with Crippen molar-refractivity contribution in [2.45, 2.75) is 39.4 Å². The molecule has 0 fully saturated rings. The third-order valence-electron chi connectivity index (χ3n) is 4.88. The predicted molar refractivity (Wildman–Crippen MR) is 91.6 cm³/mol. The average Bonchev–Trinajstić information content (AvgIpc) is 3.23. The second-order valence-electron chi connectivity index (χ2n) is 6.39. The summed E-state index contributed by atoms with van der Waals surface area (Å²) in [7, 11) is 0. The van der Waals surface area contributed by atoms with Crippen molar-refractivity contribution in [1.82, 2.24) is 19.7 Å². The van der Waals surface area contributed by atoms with Crippen LogP contribution in [-0.2, 0) is 24.3 Å². The number of aryl methyl sites for hydroxylation is 2. The quantitative estimate of drug-likeness (QED) is 0.772. The van der Waals surface area contributed by atoms with Gasteiger partial charge in [-0.1, -0.05) is 13.0 Å². The van der Waals surface area contributed by atoms with Gasteiger partial charge in [0.05, 0.1) is 18.7 Å². The fourth-order valence-electron chi connectivity index (χ4n) is 3.35. The number of carbonyl (C=O) groups is 2. The summed E-state index contributed by atoms with van der Waals surface area (Å²) in [6.07, 6.45) is 2.23. The summed E-state index contributed by atoms with van der Waals surface area (Å²) in [4.78, 5) is 26.3. The minimum absolute atomic E-state index is 0.0940. The van der Waals surface area contributed by atoms with E-state index in [1.54, 1.807) is 11.5 Å². The molecule has 1 amide bonds. The number of hydrogen-bond acceptors (Lipinski definition) is 5. The third-order valence-corrected chi connectivity index (χ3v) is 4.88. The zero-order chi connectivity index (χ0) is 18.4. The Hall–Kier alpha value is -3.16. The molecule has 0 bridgehead atoms. The summed E-state index contributed by atoms with van der Waals surface area (Å²) in [6, 6.07) is 4.71. The van der Waals surface area contributed by atoms with Gasteiger partial charge in [0.2, 0.25) is 0 Å². The van der Waals surface area contributed by atoms with E-state index in [0.717, 1.165) is 12.0 Å². The molecular weight excluding hydrogens is 336 g/mol. The first-order chi connectivity index (χ1) is 12.5. The van der Waals surface area contributed by atoms with Crippen LogP contribution >= 0.6 is 0 Å². The SMILES string of the molecule is CCc1ccc2occ(C(=O)N3Cc4nnc(C)n4CC3C(=O)O)c2c1. The van der Waals surface area contributed by atoms with Crippen molar-refractivity contribution in [1.29, 1.82) is 0 Å². The van der Waals surface area contributed by atoms with Gasteiger partial charge < -0.3 is 19.0 Å². The number of aliphatic carboxylic acids is 1. The number of rotatable bonds is 3. The van der Waals surface area contributed by atoms with Crippen molar-refractivity contribution in [3.05, 3.63) is 47.2 Å². The van der Waals surface area contributed by atoms with E-state index < -0.39 is 12.0 Å². The van der Waals surface area contributed by atoms with E-state index in [1.807, 2.05) is 25.1 Å². The molecule has 3 aromatic rings. The van der Waals surface area contributed by atoms with Gasteiger partial charge in [-0.2, -0.15) is 0 Å². The minimum atomic E-state index is -1.06. The molecule has 1 aromatic carbocycles. The summed E-state index contributed by atoms with van der Waals surface area (Å²) in [6.45, 7) is 4.02. The molecule has 1 aliphatic rings. The normalized spacial score (nSPS) is 16.7. The van der Waals surface area contributed by atoms with Crippen LogP contribution in [0.4, 0.5) is 0 Å². The van der Waals surface area contributed by atoms with Crippen LogP contribution in [0, 0.1) is 6.92 Å². The van der Waals surface area contributed by atoms with E-state index in [9.17, 15) is 14.7 Å². The Bertz CT molecular complexity index is 1020. The van der Waals surface area contributed by atoms with Crippen LogP contribution in [0.5, 0.6) is 0 Å². The van der Waals surface area contributed by atoms with Crippen molar-refractivity contribution in [3.63, 3.8) is 0 Å². The molecule has 1 N–H and O–H groups in total. The van der Waals surface area contributed by atoms with Crippen LogP contribution in [-0.4, -0.2) is 42.7 Å². The first-order valence-electron chi connectivity index (χ1n) is 8.42. The fraction of sp³-hybridized carbons (Fsp3) is 0.333. The zero-order valence-corrected chi connectivity index (χ0v) is 14.5. The summed E-state index contributed by atoms with van der Waals surface area (Å²) < 4.78 is 7.24. The molecule has 0 aliphatic carbocycles. The highest BCUT2D eigenvalue weighted by Crippen LogP contribution is 2.27. The van der Waals surface area contributed by atoms with Gasteiger partial charge in [-0.25, -0.2) is 4.79 Å². The molecule has 4 rings (SSSR count). The largest absolute Gasteiger partial charge is 0.480 e. The number of carboxylic acids is 1. The monoisotopic (exact) mass is 354 g/mol. The molecule has 26 heavy (non-hydrogen) atoms. The van der Waals surface area contributed by atoms with Crippen LogP contribution in [0.1, 0.15) is 34.5 Å². The van der Waals surface area contributed by atoms with E-state index >= 15 is 0 Å². The summed E-state index contributed by atoms with van der Waals surface area (Å²) in [5.74, 6) is -0.217. The second kappa shape index (κ2) is 5.98. The summed E-state index contributed by atoms with van der Waals surface area (Å²) in [5.41, 5.74) is 2.05. The number of carbonyl (C=O) groups excluding carboxylic acids is 1. The van der Waals surface area contributed by atoms with Gasteiger partial charge in [-0.15, -0.1) is 10.2 Å². The lowest BCUT2D eigenvalue weighted by Crippen LogP contribution is -2.50. The van der Waals surface area contributed by atoms with Crippen LogP contribution in [0.3, 0.4) is 0 Å². The molecule has 8 heteroatoms. The maximum Gasteiger partial charge on any atom is 0.328 e. The van der Waals surface area contributed by atoms with Gasteiger partial charge in [-0.05, 0) is 31.0 Å². The average molecular weight is 354 g/mol. The number of furan rings is 1. The van der Waals surface area contributed by atoms with Gasteiger partial charge in [0.1, 0.15) is 23.7 Å². The number of amides is 1. The molecular formula is C18H18N4O4. The smallest absolute Gasteiger partial charge is 0.328 e. The van der Waals surface area contributed by atoms with E-state index in [0.29, 0.717) is 28.2 Å². The number of aromatic nitrogens is 3. The Morgan fingerprint density at radius 3 is 2.88 bits per heavy atom. The van der Waals surface area contributed by atoms with Gasteiger partial charge >= 0.3 is 5.97 Å². The summed E-state index contributed by atoms with van der Waals surface area (Å²) >= 11 is 0. The van der Waals surface area contributed by atoms with Gasteiger partial charge in [0.25, 0.3) is 5.91 Å². The molecule has 1 atom stereocenters. The summed E-state index contributed by atoms with van der Waals surface area (Å²) in [5, 5.41) is 18.4. The molecule has 1 aliphatic heterocycles. The highest BCUT2D eigenvalue weighted by Gasteiger charge is 2.37. The molecule has 3 heterocycles. The van der Waals surface area contributed by atoms with Gasteiger partial charge in [-0.3, -0.25) is 4.79 Å². The molecule has 8 nitrogen and oxygen atoms in total. The van der Waals surface area contributed by atoms with Crippen LogP contribution in [0.15, 0.2) is 28.9 Å². The van der Waals surface area contributed by atoms with E-state index in [2.05, 4.69) is 10.2 Å². The van der Waals surface area contributed by atoms with Crippen LogP contribution < -0.4 is 0 Å².